The van der Waals surface area contributed by atoms with Gasteiger partial charge in [-0.05, 0) is 49.2 Å². The number of rotatable bonds is 6. The molecular formula is C26H32O8. The zero-order chi connectivity index (χ0) is 25.1. The summed E-state index contributed by atoms with van der Waals surface area (Å²) >= 11 is 0. The molecule has 2 N–H and O–H groups in total. The Balaban J connectivity index is 1.58. The number of carboxylic acids is 1. The molecule has 0 aromatic rings. The lowest BCUT2D eigenvalue weighted by Gasteiger charge is -2.56. The van der Waals surface area contributed by atoms with Gasteiger partial charge in [-0.15, -0.1) is 0 Å². The number of hydrogen-bond donors (Lipinski definition) is 2. The summed E-state index contributed by atoms with van der Waals surface area (Å²) in [7, 11) is 0. The highest BCUT2D eigenvalue weighted by molar-refractivity contribution is 6.02. The molecule has 8 nitrogen and oxygen atoms in total. The molecule has 0 saturated heterocycles. The van der Waals surface area contributed by atoms with Gasteiger partial charge in [0.25, 0.3) is 0 Å². The largest absolute Gasteiger partial charge is 0.481 e. The first-order chi connectivity index (χ1) is 15.8. The quantitative estimate of drug-likeness (QED) is 0.563. The fourth-order valence-corrected chi connectivity index (χ4v) is 7.50. The summed E-state index contributed by atoms with van der Waals surface area (Å²) in [6, 6.07) is 0. The normalized spacial score (nSPS) is 40.6. The highest BCUT2D eigenvalue weighted by Gasteiger charge is 2.70. The second kappa shape index (κ2) is 8.26. The van der Waals surface area contributed by atoms with Gasteiger partial charge < -0.3 is 14.9 Å². The van der Waals surface area contributed by atoms with Crippen LogP contribution in [0.15, 0.2) is 23.8 Å². The minimum Gasteiger partial charge on any atom is -0.481 e. The summed E-state index contributed by atoms with van der Waals surface area (Å²) in [5.41, 5.74) is -2.39. The van der Waals surface area contributed by atoms with Gasteiger partial charge in [-0.2, -0.15) is 0 Å². The summed E-state index contributed by atoms with van der Waals surface area (Å²) in [5.74, 6) is -3.55. The van der Waals surface area contributed by atoms with Crippen molar-refractivity contribution in [2.75, 3.05) is 6.61 Å². The predicted octanol–water partition coefficient (Wildman–Crippen LogP) is 2.43. The molecule has 0 unspecified atom stereocenters. The van der Waals surface area contributed by atoms with E-state index in [1.54, 1.807) is 19.9 Å². The van der Waals surface area contributed by atoms with Crippen molar-refractivity contribution in [3.05, 3.63) is 23.8 Å². The number of ether oxygens (including phenoxy) is 1. The maximum Gasteiger partial charge on any atom is 0.306 e. The van der Waals surface area contributed by atoms with Crippen molar-refractivity contribution in [1.29, 1.82) is 0 Å². The van der Waals surface area contributed by atoms with E-state index in [2.05, 4.69) is 0 Å². The highest BCUT2D eigenvalue weighted by Crippen LogP contribution is 2.67. The Kier molecular flexibility index (Phi) is 5.95. The molecule has 4 aliphatic rings. The maximum absolute atomic E-state index is 13.6. The van der Waals surface area contributed by atoms with Crippen molar-refractivity contribution in [3.8, 4) is 0 Å². The van der Waals surface area contributed by atoms with Gasteiger partial charge in [-0.1, -0.05) is 32.4 Å². The zero-order valence-electron chi connectivity index (χ0n) is 19.8. The lowest BCUT2D eigenvalue weighted by Crippen LogP contribution is -2.62. The number of carbonyl (C=O) groups is 5. The monoisotopic (exact) mass is 472 g/mol. The fourth-order valence-electron chi connectivity index (χ4n) is 7.50. The number of aliphatic hydroxyl groups is 1. The number of Topliss-reactive ketones (excluding diaryl/α,β-unsaturated/α-hetero) is 2. The minimum atomic E-state index is -1.83. The van der Waals surface area contributed by atoms with E-state index in [9.17, 15) is 29.1 Å². The number of esters is 1. The van der Waals surface area contributed by atoms with Crippen LogP contribution in [0.5, 0.6) is 0 Å². The van der Waals surface area contributed by atoms with E-state index in [4.69, 9.17) is 9.84 Å². The van der Waals surface area contributed by atoms with Crippen LogP contribution in [0.2, 0.25) is 0 Å². The van der Waals surface area contributed by atoms with Gasteiger partial charge in [0.05, 0.1) is 12.8 Å². The van der Waals surface area contributed by atoms with E-state index < -0.39 is 53.1 Å². The molecule has 4 rings (SSSR count). The first kappa shape index (κ1) is 24.5. The van der Waals surface area contributed by atoms with Crippen molar-refractivity contribution >= 4 is 29.3 Å². The van der Waals surface area contributed by atoms with E-state index in [0.717, 1.165) is 5.57 Å². The van der Waals surface area contributed by atoms with Crippen molar-refractivity contribution < 1.29 is 38.9 Å². The average molecular weight is 473 g/mol. The molecule has 0 aliphatic heterocycles. The fraction of sp³-hybridized carbons (Fsp3) is 0.654. The number of carboxylic acid groups (broad SMARTS) is 1. The first-order valence-corrected chi connectivity index (χ1v) is 11.9. The number of ketones is 3. The molecule has 0 amide bonds. The van der Waals surface area contributed by atoms with Gasteiger partial charge in [0.1, 0.15) is 11.4 Å². The Labute approximate surface area is 198 Å². The molecule has 0 spiro atoms. The average Bonchev–Trinajstić information content (AvgIpc) is 2.97. The van der Waals surface area contributed by atoms with Crippen LogP contribution in [-0.2, 0) is 28.7 Å². The van der Waals surface area contributed by atoms with E-state index in [1.807, 2.05) is 13.0 Å². The molecule has 0 radical (unpaired) electrons. The van der Waals surface area contributed by atoms with Gasteiger partial charge in [-0.3, -0.25) is 24.0 Å². The smallest absolute Gasteiger partial charge is 0.306 e. The molecule has 0 heterocycles. The predicted molar refractivity (Wildman–Crippen MR) is 119 cm³/mol. The number of allylic oxidation sites excluding steroid dienone is 4. The molecule has 4 aliphatic carbocycles. The maximum atomic E-state index is 13.6. The number of aliphatic carboxylic acids is 1. The topological polar surface area (TPSA) is 135 Å². The lowest BCUT2D eigenvalue weighted by molar-refractivity contribution is -0.176. The van der Waals surface area contributed by atoms with E-state index in [0.29, 0.717) is 19.3 Å². The van der Waals surface area contributed by atoms with Crippen LogP contribution in [0.4, 0.5) is 0 Å². The minimum absolute atomic E-state index is 0.0189. The summed E-state index contributed by atoms with van der Waals surface area (Å²) in [6.07, 6.45) is 6.27. The molecule has 0 aromatic carbocycles. The van der Waals surface area contributed by atoms with Crippen LogP contribution < -0.4 is 0 Å². The van der Waals surface area contributed by atoms with Crippen LogP contribution >= 0.6 is 0 Å². The highest BCUT2D eigenvalue weighted by atomic mass is 16.5. The molecule has 184 valence electrons. The number of fused-ring (bicyclic) bond motifs is 5. The molecule has 34 heavy (non-hydrogen) atoms. The molecule has 0 aromatic heterocycles. The summed E-state index contributed by atoms with van der Waals surface area (Å²) in [4.78, 5) is 61.3. The molecule has 3 saturated carbocycles. The van der Waals surface area contributed by atoms with Gasteiger partial charge in [0.2, 0.25) is 5.78 Å². The van der Waals surface area contributed by atoms with E-state index in [1.165, 1.54) is 6.08 Å². The lowest BCUT2D eigenvalue weighted by atomic mass is 9.46. The van der Waals surface area contributed by atoms with E-state index >= 15 is 0 Å². The van der Waals surface area contributed by atoms with Crippen molar-refractivity contribution in [2.45, 2.75) is 64.9 Å². The van der Waals surface area contributed by atoms with Crippen LogP contribution in [0.3, 0.4) is 0 Å². The van der Waals surface area contributed by atoms with Crippen molar-refractivity contribution in [1.82, 2.24) is 0 Å². The van der Waals surface area contributed by atoms with Gasteiger partial charge in [0.15, 0.2) is 12.4 Å². The standard InChI is InChI=1S/C26H32O8/c1-14-10-18-17-5-4-15-11-16(27)8-9-24(15,2)23(17)19(28)12-25(18,3)26(14,33)20(29)13-34-22(32)7-6-21(30)31/h8-9,11,14,17-18,23,33H,4-7,10,12-13H2,1-3H3,(H,30,31)/t14-,17+,18+,23-,24-,25+,26+/m0/s1. The van der Waals surface area contributed by atoms with Gasteiger partial charge in [-0.25, -0.2) is 0 Å². The summed E-state index contributed by atoms with van der Waals surface area (Å²) in [6.45, 7) is 4.94. The third kappa shape index (κ3) is 3.49. The Bertz CT molecular complexity index is 1020. The third-order valence-corrected chi connectivity index (χ3v) is 9.17. The molecule has 8 heteroatoms. The zero-order valence-corrected chi connectivity index (χ0v) is 19.8. The molecular weight excluding hydrogens is 440 g/mol. The summed E-state index contributed by atoms with van der Waals surface area (Å²) in [5, 5.41) is 20.5. The Hall–Kier alpha value is -2.61. The van der Waals surface area contributed by atoms with E-state index in [-0.39, 0.29) is 42.2 Å². The third-order valence-electron chi connectivity index (χ3n) is 9.17. The second-order valence-corrected chi connectivity index (χ2v) is 10.9. The molecule has 7 atom stereocenters. The van der Waals surface area contributed by atoms with Crippen LogP contribution in [0, 0.1) is 34.5 Å². The SMILES string of the molecule is C[C@H]1C[C@@H]2[C@H]3CCC4=CC(=O)C=C[C@]4(C)[C@@H]3C(=O)C[C@@]2(C)[C@]1(O)C(=O)COC(=O)CCC(=O)O. The van der Waals surface area contributed by atoms with Crippen LogP contribution in [0.25, 0.3) is 0 Å². The molecule has 3 fully saturated rings. The Morgan fingerprint density at radius 3 is 2.56 bits per heavy atom. The van der Waals surface area contributed by atoms with Crippen molar-refractivity contribution in [2.24, 2.45) is 34.5 Å². The first-order valence-electron chi connectivity index (χ1n) is 11.9. The van der Waals surface area contributed by atoms with Gasteiger partial charge in [0, 0.05) is 23.2 Å². The Morgan fingerprint density at radius 2 is 1.88 bits per heavy atom. The van der Waals surface area contributed by atoms with Crippen molar-refractivity contribution in [3.63, 3.8) is 0 Å². The Morgan fingerprint density at radius 1 is 1.18 bits per heavy atom. The van der Waals surface area contributed by atoms with Crippen LogP contribution in [-0.4, -0.2) is 51.7 Å². The second-order valence-electron chi connectivity index (χ2n) is 10.9. The van der Waals surface area contributed by atoms with Gasteiger partial charge >= 0.3 is 11.9 Å². The molecule has 0 bridgehead atoms. The van der Waals surface area contributed by atoms with Crippen LogP contribution in [0.1, 0.15) is 59.3 Å². The summed E-state index contributed by atoms with van der Waals surface area (Å²) < 4.78 is 4.99. The number of carbonyl (C=O) groups excluding carboxylic acids is 4. The number of hydrogen-bond acceptors (Lipinski definition) is 7.